The zero-order chi connectivity index (χ0) is 16.2. The number of H-pyrrole nitrogens is 1. The number of rotatable bonds is 4. The Hall–Kier alpha value is -3.22. The highest BCUT2D eigenvalue weighted by atomic mass is 16.2. The standard InChI is InChI=1S/C16H15N5O2/c1-11(20-16(23)14-3-2-8-18-15(14)22)12-4-6-13(7-5-12)21-10-17-9-19-21/h2-11H,1H3,(H,18,22)(H,20,23)/t11-/m1/s1. The van der Waals surface area contributed by atoms with Gasteiger partial charge in [-0.25, -0.2) is 9.67 Å². The molecule has 0 aliphatic heterocycles. The van der Waals surface area contributed by atoms with Crippen molar-refractivity contribution in [3.8, 4) is 5.69 Å². The van der Waals surface area contributed by atoms with Crippen molar-refractivity contribution in [3.63, 3.8) is 0 Å². The van der Waals surface area contributed by atoms with Crippen LogP contribution >= 0.6 is 0 Å². The molecule has 0 spiro atoms. The Morgan fingerprint density at radius 1 is 1.26 bits per heavy atom. The first kappa shape index (κ1) is 14.7. The van der Waals surface area contributed by atoms with Gasteiger partial charge in [0, 0.05) is 6.20 Å². The quantitative estimate of drug-likeness (QED) is 0.763. The summed E-state index contributed by atoms with van der Waals surface area (Å²) in [7, 11) is 0. The Morgan fingerprint density at radius 2 is 2.04 bits per heavy atom. The molecular formula is C16H15N5O2. The van der Waals surface area contributed by atoms with Gasteiger partial charge in [0.2, 0.25) is 0 Å². The molecule has 0 radical (unpaired) electrons. The molecule has 116 valence electrons. The molecular weight excluding hydrogens is 294 g/mol. The molecule has 2 N–H and O–H groups in total. The third kappa shape index (κ3) is 3.18. The van der Waals surface area contributed by atoms with Crippen LogP contribution in [0.5, 0.6) is 0 Å². The third-order valence-electron chi connectivity index (χ3n) is 3.49. The van der Waals surface area contributed by atoms with E-state index < -0.39 is 11.5 Å². The van der Waals surface area contributed by atoms with Crippen LogP contribution in [0.1, 0.15) is 28.9 Å². The van der Waals surface area contributed by atoms with E-state index in [9.17, 15) is 9.59 Å². The van der Waals surface area contributed by atoms with E-state index in [1.807, 2.05) is 31.2 Å². The van der Waals surface area contributed by atoms with E-state index >= 15 is 0 Å². The van der Waals surface area contributed by atoms with Gasteiger partial charge in [-0.2, -0.15) is 5.10 Å². The molecule has 2 aromatic heterocycles. The maximum Gasteiger partial charge on any atom is 0.260 e. The zero-order valence-corrected chi connectivity index (χ0v) is 12.4. The van der Waals surface area contributed by atoms with Crippen molar-refractivity contribution in [1.82, 2.24) is 25.1 Å². The number of amides is 1. The number of nitrogens with one attached hydrogen (secondary N) is 2. The summed E-state index contributed by atoms with van der Waals surface area (Å²) in [4.78, 5) is 30.2. The summed E-state index contributed by atoms with van der Waals surface area (Å²) in [5.74, 6) is -0.403. The van der Waals surface area contributed by atoms with Crippen LogP contribution in [-0.2, 0) is 0 Å². The number of carbonyl (C=O) groups excluding carboxylic acids is 1. The molecule has 0 aliphatic carbocycles. The highest BCUT2D eigenvalue weighted by Gasteiger charge is 2.14. The number of aromatic nitrogens is 4. The minimum absolute atomic E-state index is 0.0959. The summed E-state index contributed by atoms with van der Waals surface area (Å²) in [5.41, 5.74) is 1.50. The summed E-state index contributed by atoms with van der Waals surface area (Å²) in [6.45, 7) is 1.86. The summed E-state index contributed by atoms with van der Waals surface area (Å²) in [6.07, 6.45) is 4.57. The molecule has 1 atom stereocenters. The van der Waals surface area contributed by atoms with Gasteiger partial charge in [0.1, 0.15) is 18.2 Å². The zero-order valence-electron chi connectivity index (χ0n) is 12.4. The minimum atomic E-state index is -0.404. The number of hydrogen-bond donors (Lipinski definition) is 2. The normalized spacial score (nSPS) is 11.9. The van der Waals surface area contributed by atoms with E-state index in [1.54, 1.807) is 17.1 Å². The van der Waals surface area contributed by atoms with Gasteiger partial charge >= 0.3 is 0 Å². The Balaban J connectivity index is 1.73. The van der Waals surface area contributed by atoms with E-state index in [-0.39, 0.29) is 11.6 Å². The number of pyridine rings is 1. The van der Waals surface area contributed by atoms with Gasteiger partial charge in [0.15, 0.2) is 0 Å². The molecule has 0 saturated carbocycles. The second-order valence-electron chi connectivity index (χ2n) is 5.04. The number of aromatic amines is 1. The molecule has 0 unspecified atom stereocenters. The van der Waals surface area contributed by atoms with Gasteiger partial charge in [-0.15, -0.1) is 0 Å². The number of hydrogen-bond acceptors (Lipinski definition) is 4. The van der Waals surface area contributed by atoms with Crippen molar-refractivity contribution in [2.24, 2.45) is 0 Å². The average molecular weight is 309 g/mol. The van der Waals surface area contributed by atoms with E-state index in [0.717, 1.165) is 11.3 Å². The molecule has 7 heteroatoms. The molecule has 3 rings (SSSR count). The highest BCUT2D eigenvalue weighted by molar-refractivity contribution is 5.93. The van der Waals surface area contributed by atoms with Crippen molar-refractivity contribution in [1.29, 1.82) is 0 Å². The number of carbonyl (C=O) groups is 1. The van der Waals surface area contributed by atoms with Gasteiger partial charge in [-0.05, 0) is 36.8 Å². The molecule has 0 aliphatic rings. The number of benzene rings is 1. The topological polar surface area (TPSA) is 92.7 Å². The predicted molar refractivity (Wildman–Crippen MR) is 84.3 cm³/mol. The summed E-state index contributed by atoms with van der Waals surface area (Å²) < 4.78 is 1.65. The first-order valence-electron chi connectivity index (χ1n) is 7.08. The first-order chi connectivity index (χ1) is 11.1. The van der Waals surface area contributed by atoms with E-state index in [2.05, 4.69) is 20.4 Å². The monoisotopic (exact) mass is 309 g/mol. The Bertz CT molecular complexity index is 853. The lowest BCUT2D eigenvalue weighted by molar-refractivity contribution is 0.0938. The first-order valence-corrected chi connectivity index (χ1v) is 7.08. The van der Waals surface area contributed by atoms with Gasteiger partial charge in [-0.3, -0.25) is 9.59 Å². The Kier molecular flexibility index (Phi) is 4.01. The van der Waals surface area contributed by atoms with Crippen LogP contribution in [0.25, 0.3) is 5.69 Å². The molecule has 7 nitrogen and oxygen atoms in total. The lowest BCUT2D eigenvalue weighted by atomic mass is 10.1. The van der Waals surface area contributed by atoms with Crippen LogP contribution in [-0.4, -0.2) is 25.7 Å². The van der Waals surface area contributed by atoms with E-state index in [0.29, 0.717) is 0 Å². The second kappa shape index (κ2) is 6.27. The third-order valence-corrected chi connectivity index (χ3v) is 3.49. The van der Waals surface area contributed by atoms with Crippen LogP contribution in [0.2, 0.25) is 0 Å². The minimum Gasteiger partial charge on any atom is -0.345 e. The molecule has 3 aromatic rings. The second-order valence-corrected chi connectivity index (χ2v) is 5.04. The van der Waals surface area contributed by atoms with Crippen LogP contribution < -0.4 is 10.9 Å². The van der Waals surface area contributed by atoms with Crippen molar-refractivity contribution < 1.29 is 4.79 Å². The molecule has 2 heterocycles. The Labute approximate surface area is 132 Å². The van der Waals surface area contributed by atoms with Crippen molar-refractivity contribution in [2.45, 2.75) is 13.0 Å². The van der Waals surface area contributed by atoms with Crippen molar-refractivity contribution in [3.05, 3.63) is 76.7 Å². The van der Waals surface area contributed by atoms with Gasteiger partial charge in [0.25, 0.3) is 11.5 Å². The number of nitrogens with zero attached hydrogens (tertiary/aromatic N) is 3. The van der Waals surface area contributed by atoms with Crippen molar-refractivity contribution >= 4 is 5.91 Å². The van der Waals surface area contributed by atoms with Gasteiger partial charge < -0.3 is 10.3 Å². The fourth-order valence-electron chi connectivity index (χ4n) is 2.22. The van der Waals surface area contributed by atoms with E-state index in [4.69, 9.17) is 0 Å². The maximum atomic E-state index is 12.1. The average Bonchev–Trinajstić information content (AvgIpc) is 3.09. The smallest absolute Gasteiger partial charge is 0.260 e. The largest absolute Gasteiger partial charge is 0.345 e. The van der Waals surface area contributed by atoms with E-state index in [1.165, 1.54) is 18.6 Å². The molecule has 1 aromatic carbocycles. The fraction of sp³-hybridized carbons (Fsp3) is 0.125. The fourth-order valence-corrected chi connectivity index (χ4v) is 2.22. The highest BCUT2D eigenvalue weighted by Crippen LogP contribution is 2.15. The summed E-state index contributed by atoms with van der Waals surface area (Å²) in [6, 6.07) is 10.5. The molecule has 23 heavy (non-hydrogen) atoms. The lowest BCUT2D eigenvalue weighted by Crippen LogP contribution is -2.31. The van der Waals surface area contributed by atoms with Gasteiger partial charge in [0.05, 0.1) is 11.7 Å². The maximum absolute atomic E-state index is 12.1. The van der Waals surface area contributed by atoms with Crippen LogP contribution in [0.4, 0.5) is 0 Å². The van der Waals surface area contributed by atoms with Crippen LogP contribution in [0.15, 0.2) is 60.0 Å². The molecule has 0 fully saturated rings. The lowest BCUT2D eigenvalue weighted by Gasteiger charge is -2.14. The summed E-state index contributed by atoms with van der Waals surface area (Å²) in [5, 5.41) is 6.87. The molecule has 0 saturated heterocycles. The van der Waals surface area contributed by atoms with Crippen LogP contribution in [0.3, 0.4) is 0 Å². The Morgan fingerprint density at radius 3 is 2.70 bits per heavy atom. The molecule has 1 amide bonds. The molecule has 0 bridgehead atoms. The predicted octanol–water partition coefficient (Wildman–Crippen LogP) is 1.45. The van der Waals surface area contributed by atoms with Gasteiger partial charge in [-0.1, -0.05) is 12.1 Å². The van der Waals surface area contributed by atoms with Crippen LogP contribution in [0, 0.1) is 0 Å². The summed E-state index contributed by atoms with van der Waals surface area (Å²) >= 11 is 0. The SMILES string of the molecule is C[C@@H](NC(=O)c1ccc[nH]c1=O)c1ccc(-n2cncn2)cc1. The van der Waals surface area contributed by atoms with Crippen molar-refractivity contribution in [2.75, 3.05) is 0 Å².